The first-order chi connectivity index (χ1) is 6.50. The Kier molecular flexibility index (Phi) is 5.87. The molecule has 0 N–H and O–H groups in total. The van der Waals surface area contributed by atoms with Crippen molar-refractivity contribution in [3.8, 4) is 0 Å². The van der Waals surface area contributed by atoms with Crippen LogP contribution in [0, 0.1) is 0 Å². The van der Waals surface area contributed by atoms with Crippen molar-refractivity contribution in [3.63, 3.8) is 0 Å². The zero-order valence-electron chi connectivity index (χ0n) is 8.15. The van der Waals surface area contributed by atoms with Crippen molar-refractivity contribution in [2.45, 2.75) is 32.1 Å². The van der Waals surface area contributed by atoms with Gasteiger partial charge in [-0.05, 0) is 32.1 Å². The molecule has 0 bridgehead atoms. The quantitative estimate of drug-likeness (QED) is 0.483. The molecule has 0 heteroatoms. The topological polar surface area (TPSA) is 0 Å². The maximum absolute atomic E-state index is 2.29. The summed E-state index contributed by atoms with van der Waals surface area (Å²) in [6.45, 7) is 0. The summed E-state index contributed by atoms with van der Waals surface area (Å²) in [5, 5.41) is 0. The Labute approximate surface area is 81.4 Å². The summed E-state index contributed by atoms with van der Waals surface area (Å²) in [5.41, 5.74) is 0. The summed E-state index contributed by atoms with van der Waals surface area (Å²) in [6, 6.07) is 0. The predicted molar refractivity (Wildman–Crippen MR) is 59.6 cm³/mol. The fourth-order valence-corrected chi connectivity index (χ4v) is 1.28. The molecule has 70 valence electrons. The first-order valence-electron chi connectivity index (χ1n) is 5.13. The molecule has 1 rings (SSSR count). The van der Waals surface area contributed by atoms with Crippen LogP contribution in [0.5, 0.6) is 0 Å². The molecule has 0 aromatic carbocycles. The van der Waals surface area contributed by atoms with Crippen molar-refractivity contribution in [2.75, 3.05) is 0 Å². The molecule has 0 atom stereocenters. The van der Waals surface area contributed by atoms with E-state index in [1.807, 2.05) is 0 Å². The lowest BCUT2D eigenvalue weighted by atomic mass is 10.2. The molecule has 0 saturated carbocycles. The van der Waals surface area contributed by atoms with Crippen LogP contribution in [0.1, 0.15) is 32.1 Å². The second kappa shape index (κ2) is 7.60. The molecule has 0 fully saturated rings. The molecule has 13 heavy (non-hydrogen) atoms. The minimum Gasteiger partial charge on any atom is -0.0882 e. The maximum atomic E-state index is 2.29. The van der Waals surface area contributed by atoms with Crippen molar-refractivity contribution in [3.05, 3.63) is 48.6 Å². The first-order valence-corrected chi connectivity index (χ1v) is 5.13. The van der Waals surface area contributed by atoms with E-state index in [0.29, 0.717) is 0 Å². The molecular weight excluding hydrogens is 156 g/mol. The Balaban J connectivity index is 2.38. The van der Waals surface area contributed by atoms with Gasteiger partial charge in [0.25, 0.3) is 0 Å². The van der Waals surface area contributed by atoms with Gasteiger partial charge in [0, 0.05) is 0 Å². The van der Waals surface area contributed by atoms with Crippen molar-refractivity contribution in [1.29, 1.82) is 0 Å². The van der Waals surface area contributed by atoms with Crippen LogP contribution in [0.2, 0.25) is 0 Å². The second-order valence-corrected chi connectivity index (χ2v) is 3.23. The van der Waals surface area contributed by atoms with Gasteiger partial charge >= 0.3 is 0 Å². The van der Waals surface area contributed by atoms with Gasteiger partial charge in [0.2, 0.25) is 0 Å². The molecule has 0 heterocycles. The van der Waals surface area contributed by atoms with E-state index in [1.54, 1.807) is 0 Å². The zero-order valence-corrected chi connectivity index (χ0v) is 8.15. The summed E-state index contributed by atoms with van der Waals surface area (Å²) >= 11 is 0. The molecule has 0 aromatic rings. The average molecular weight is 174 g/mol. The number of rotatable bonds is 0. The standard InChI is InChI=1S/C13H18/c1-2-4-6-8-10-12-13-11-9-7-5-3-1/h1-6,9,11H,7-8,10,12-13H2/b2-1-,5-3+,6-4+,11-9?. The molecule has 0 amide bonds. The van der Waals surface area contributed by atoms with Crippen molar-refractivity contribution < 1.29 is 0 Å². The molecule has 0 spiro atoms. The van der Waals surface area contributed by atoms with Crippen LogP contribution >= 0.6 is 0 Å². The third-order valence-corrected chi connectivity index (χ3v) is 2.04. The largest absolute Gasteiger partial charge is 0.0882 e. The smallest absolute Gasteiger partial charge is 0.0166 e. The third-order valence-electron chi connectivity index (χ3n) is 2.04. The van der Waals surface area contributed by atoms with Crippen LogP contribution in [0.3, 0.4) is 0 Å². The van der Waals surface area contributed by atoms with Crippen LogP contribution in [0.15, 0.2) is 48.6 Å². The van der Waals surface area contributed by atoms with E-state index < -0.39 is 0 Å². The van der Waals surface area contributed by atoms with E-state index in [-0.39, 0.29) is 0 Å². The van der Waals surface area contributed by atoms with Gasteiger partial charge in [-0.3, -0.25) is 0 Å². The molecule has 0 saturated heterocycles. The van der Waals surface area contributed by atoms with Crippen LogP contribution in [0.25, 0.3) is 0 Å². The summed E-state index contributed by atoms with van der Waals surface area (Å²) in [6.07, 6.45) is 23.5. The van der Waals surface area contributed by atoms with Gasteiger partial charge in [-0.2, -0.15) is 0 Å². The number of allylic oxidation sites excluding steroid dienone is 8. The van der Waals surface area contributed by atoms with Crippen LogP contribution in [-0.2, 0) is 0 Å². The molecule has 0 aromatic heterocycles. The van der Waals surface area contributed by atoms with E-state index in [1.165, 1.54) is 25.7 Å². The number of hydrogen-bond acceptors (Lipinski definition) is 0. The average Bonchev–Trinajstić information content (AvgIpc) is 2.18. The lowest BCUT2D eigenvalue weighted by Gasteiger charge is -1.91. The molecule has 1 aliphatic carbocycles. The Morgan fingerprint density at radius 2 is 1.23 bits per heavy atom. The highest BCUT2D eigenvalue weighted by atomic mass is 13.9. The zero-order chi connectivity index (χ0) is 9.19. The van der Waals surface area contributed by atoms with Gasteiger partial charge in [-0.15, -0.1) is 0 Å². The Hall–Kier alpha value is -1.04. The molecule has 0 radical (unpaired) electrons. The SMILES string of the molecule is C1=CCCCC/C=C/C=C\C=C\C1. The summed E-state index contributed by atoms with van der Waals surface area (Å²) in [4.78, 5) is 0. The van der Waals surface area contributed by atoms with E-state index in [9.17, 15) is 0 Å². The van der Waals surface area contributed by atoms with Crippen LogP contribution in [-0.4, -0.2) is 0 Å². The van der Waals surface area contributed by atoms with Crippen molar-refractivity contribution in [2.24, 2.45) is 0 Å². The van der Waals surface area contributed by atoms with E-state index >= 15 is 0 Å². The summed E-state index contributed by atoms with van der Waals surface area (Å²) in [7, 11) is 0. The number of hydrogen-bond donors (Lipinski definition) is 0. The second-order valence-electron chi connectivity index (χ2n) is 3.23. The van der Waals surface area contributed by atoms with Crippen molar-refractivity contribution >= 4 is 0 Å². The summed E-state index contributed by atoms with van der Waals surface area (Å²) < 4.78 is 0. The monoisotopic (exact) mass is 174 g/mol. The molecule has 0 unspecified atom stereocenters. The normalized spacial score (nSPS) is 26.5. The molecule has 0 aliphatic heterocycles. The van der Waals surface area contributed by atoms with Gasteiger partial charge in [0.1, 0.15) is 0 Å². The molecular formula is C13H18. The Bertz CT molecular complexity index is 216. The maximum Gasteiger partial charge on any atom is -0.0166 e. The highest BCUT2D eigenvalue weighted by Crippen LogP contribution is 2.03. The van der Waals surface area contributed by atoms with E-state index in [0.717, 1.165) is 6.42 Å². The highest BCUT2D eigenvalue weighted by Gasteiger charge is 1.83. The van der Waals surface area contributed by atoms with Crippen molar-refractivity contribution in [1.82, 2.24) is 0 Å². The predicted octanol–water partition coefficient (Wildman–Crippen LogP) is 4.18. The van der Waals surface area contributed by atoms with Crippen LogP contribution < -0.4 is 0 Å². The van der Waals surface area contributed by atoms with Gasteiger partial charge in [0.15, 0.2) is 0 Å². The first kappa shape index (κ1) is 10.0. The Morgan fingerprint density at radius 3 is 2.08 bits per heavy atom. The third kappa shape index (κ3) is 6.15. The van der Waals surface area contributed by atoms with E-state index in [4.69, 9.17) is 0 Å². The van der Waals surface area contributed by atoms with E-state index in [2.05, 4.69) is 48.6 Å². The fraction of sp³-hybridized carbons (Fsp3) is 0.385. The molecule has 1 aliphatic rings. The van der Waals surface area contributed by atoms with Gasteiger partial charge in [-0.1, -0.05) is 48.6 Å². The minimum absolute atomic E-state index is 1.06. The Morgan fingerprint density at radius 1 is 0.538 bits per heavy atom. The minimum atomic E-state index is 1.06. The lowest BCUT2D eigenvalue weighted by molar-refractivity contribution is 0.761. The molecule has 0 nitrogen and oxygen atoms in total. The summed E-state index contributed by atoms with van der Waals surface area (Å²) in [5.74, 6) is 0. The van der Waals surface area contributed by atoms with Crippen LogP contribution in [0.4, 0.5) is 0 Å². The van der Waals surface area contributed by atoms with Gasteiger partial charge < -0.3 is 0 Å². The van der Waals surface area contributed by atoms with Gasteiger partial charge in [0.05, 0.1) is 0 Å². The lowest BCUT2D eigenvalue weighted by Crippen LogP contribution is -1.71. The fourth-order valence-electron chi connectivity index (χ4n) is 1.28. The van der Waals surface area contributed by atoms with Gasteiger partial charge in [-0.25, -0.2) is 0 Å². The highest BCUT2D eigenvalue weighted by molar-refractivity contribution is 5.12.